The van der Waals surface area contributed by atoms with Crippen LogP contribution in [0.1, 0.15) is 63.8 Å². The van der Waals surface area contributed by atoms with Gasteiger partial charge in [0, 0.05) is 0 Å². The van der Waals surface area contributed by atoms with Crippen LogP contribution in [0.25, 0.3) is 0 Å². The van der Waals surface area contributed by atoms with E-state index in [1.807, 2.05) is 6.08 Å². The lowest BCUT2D eigenvalue weighted by Gasteiger charge is -2.29. The zero-order valence-corrected chi connectivity index (χ0v) is 13.1. The molecule has 0 fully saturated rings. The van der Waals surface area contributed by atoms with E-state index in [-0.39, 0.29) is 10.8 Å². The molecule has 0 atom stereocenters. The molecule has 1 aromatic carbocycles. The lowest BCUT2D eigenvalue weighted by atomic mass is 9.76. The van der Waals surface area contributed by atoms with Gasteiger partial charge < -0.3 is 0 Å². The smallest absolute Gasteiger partial charge is 0.00946 e. The van der Waals surface area contributed by atoms with E-state index >= 15 is 0 Å². The molecule has 0 spiro atoms. The van der Waals surface area contributed by atoms with Gasteiger partial charge in [0.25, 0.3) is 0 Å². The molecule has 0 bridgehead atoms. The molecule has 0 saturated carbocycles. The molecule has 0 aromatic heterocycles. The quantitative estimate of drug-likeness (QED) is 0.618. The van der Waals surface area contributed by atoms with Crippen LogP contribution in [0.3, 0.4) is 0 Å². The molecule has 100 valence electrons. The lowest BCUT2D eigenvalue weighted by molar-refractivity contribution is 0.563. The van der Waals surface area contributed by atoms with Crippen LogP contribution in [-0.2, 0) is 17.3 Å². The first-order valence-electron chi connectivity index (χ1n) is 6.82. The van der Waals surface area contributed by atoms with Gasteiger partial charge in [-0.1, -0.05) is 59.8 Å². The van der Waals surface area contributed by atoms with Crippen molar-refractivity contribution in [2.45, 2.75) is 65.7 Å². The second kappa shape index (κ2) is 4.91. The highest BCUT2D eigenvalue weighted by Crippen LogP contribution is 2.33. The molecular weight excluding hydrogens is 216 g/mol. The van der Waals surface area contributed by atoms with E-state index in [9.17, 15) is 0 Å². The summed E-state index contributed by atoms with van der Waals surface area (Å²) in [5.41, 5.74) is 6.13. The van der Waals surface area contributed by atoms with Crippen LogP contribution in [0.4, 0.5) is 0 Å². The van der Waals surface area contributed by atoms with Gasteiger partial charge in [0.05, 0.1) is 0 Å². The second-order valence-corrected chi connectivity index (χ2v) is 7.31. The highest BCUT2D eigenvalue weighted by Gasteiger charge is 2.23. The van der Waals surface area contributed by atoms with Crippen LogP contribution >= 0.6 is 0 Å². The summed E-state index contributed by atoms with van der Waals surface area (Å²) in [4.78, 5) is 0. The Labute approximate surface area is 113 Å². The topological polar surface area (TPSA) is 0 Å². The van der Waals surface area contributed by atoms with Gasteiger partial charge in [-0.3, -0.25) is 0 Å². The van der Waals surface area contributed by atoms with Crippen molar-refractivity contribution in [1.29, 1.82) is 0 Å². The standard InChI is InChI=1S/C18H28/c1-9-10-15-13(2)11-14(17(3,4)5)12-16(15)18(6,7)8/h9,11-12H,1,10H2,2-8H3. The first-order chi connectivity index (χ1) is 8.07. The number of rotatable bonds is 2. The fourth-order valence-electron chi connectivity index (χ4n) is 2.33. The Morgan fingerprint density at radius 3 is 1.94 bits per heavy atom. The SMILES string of the molecule is C=CCc1c(C)cc(C(C)(C)C)cc1C(C)(C)C. The zero-order chi connectivity index (χ0) is 14.1. The van der Waals surface area contributed by atoms with E-state index in [0.717, 1.165) is 6.42 Å². The van der Waals surface area contributed by atoms with Crippen molar-refractivity contribution < 1.29 is 0 Å². The van der Waals surface area contributed by atoms with Crippen molar-refractivity contribution in [2.24, 2.45) is 0 Å². The summed E-state index contributed by atoms with van der Waals surface area (Å²) < 4.78 is 0. The van der Waals surface area contributed by atoms with E-state index in [2.05, 4.69) is 67.2 Å². The summed E-state index contributed by atoms with van der Waals surface area (Å²) in [5.74, 6) is 0. The Morgan fingerprint density at radius 1 is 1.00 bits per heavy atom. The summed E-state index contributed by atoms with van der Waals surface area (Å²) in [5, 5.41) is 0. The fourth-order valence-corrected chi connectivity index (χ4v) is 2.33. The predicted molar refractivity (Wildman–Crippen MR) is 82.5 cm³/mol. The fraction of sp³-hybridized carbons (Fsp3) is 0.556. The maximum Gasteiger partial charge on any atom is -0.00946 e. The van der Waals surface area contributed by atoms with Crippen molar-refractivity contribution in [3.63, 3.8) is 0 Å². The second-order valence-electron chi connectivity index (χ2n) is 7.31. The van der Waals surface area contributed by atoms with Crippen molar-refractivity contribution >= 4 is 0 Å². The van der Waals surface area contributed by atoms with Gasteiger partial charge in [-0.05, 0) is 46.4 Å². The molecule has 0 saturated heterocycles. The van der Waals surface area contributed by atoms with Crippen LogP contribution in [0.2, 0.25) is 0 Å². The van der Waals surface area contributed by atoms with Crippen molar-refractivity contribution in [1.82, 2.24) is 0 Å². The van der Waals surface area contributed by atoms with Crippen LogP contribution < -0.4 is 0 Å². The van der Waals surface area contributed by atoms with Crippen molar-refractivity contribution in [3.05, 3.63) is 47.0 Å². The molecule has 0 unspecified atom stereocenters. The molecule has 0 aliphatic carbocycles. The summed E-state index contributed by atoms with van der Waals surface area (Å²) >= 11 is 0. The minimum absolute atomic E-state index is 0.185. The Hall–Kier alpha value is -1.04. The van der Waals surface area contributed by atoms with Gasteiger partial charge >= 0.3 is 0 Å². The number of benzene rings is 1. The van der Waals surface area contributed by atoms with Gasteiger partial charge in [0.15, 0.2) is 0 Å². The normalized spacial score (nSPS) is 12.6. The maximum absolute atomic E-state index is 3.89. The zero-order valence-electron chi connectivity index (χ0n) is 13.1. The number of aryl methyl sites for hydroxylation is 1. The van der Waals surface area contributed by atoms with Gasteiger partial charge in [-0.15, -0.1) is 6.58 Å². The van der Waals surface area contributed by atoms with Crippen LogP contribution in [-0.4, -0.2) is 0 Å². The first-order valence-corrected chi connectivity index (χ1v) is 6.82. The van der Waals surface area contributed by atoms with Gasteiger partial charge in [-0.25, -0.2) is 0 Å². The minimum atomic E-state index is 0.185. The monoisotopic (exact) mass is 244 g/mol. The molecule has 0 amide bonds. The van der Waals surface area contributed by atoms with Crippen molar-refractivity contribution in [2.75, 3.05) is 0 Å². The number of hydrogen-bond acceptors (Lipinski definition) is 0. The number of allylic oxidation sites excluding steroid dienone is 1. The molecule has 0 radical (unpaired) electrons. The Kier molecular flexibility index (Phi) is 4.10. The molecule has 0 heterocycles. The largest absolute Gasteiger partial charge is 0.103 e. The van der Waals surface area contributed by atoms with Crippen LogP contribution in [0, 0.1) is 6.92 Å². The third-order valence-electron chi connectivity index (χ3n) is 3.50. The molecule has 0 aliphatic heterocycles. The van der Waals surface area contributed by atoms with Gasteiger partial charge in [-0.2, -0.15) is 0 Å². The molecule has 0 aliphatic rings. The van der Waals surface area contributed by atoms with E-state index in [1.54, 1.807) is 0 Å². The third-order valence-corrected chi connectivity index (χ3v) is 3.50. The number of hydrogen-bond donors (Lipinski definition) is 0. The average molecular weight is 244 g/mol. The molecular formula is C18H28. The molecule has 0 N–H and O–H groups in total. The van der Waals surface area contributed by atoms with Gasteiger partial charge in [0.2, 0.25) is 0 Å². The highest BCUT2D eigenvalue weighted by molar-refractivity contribution is 5.45. The van der Waals surface area contributed by atoms with Gasteiger partial charge in [0.1, 0.15) is 0 Å². The predicted octanol–water partition coefficient (Wildman–Crippen LogP) is 5.32. The summed E-state index contributed by atoms with van der Waals surface area (Å²) in [7, 11) is 0. The van der Waals surface area contributed by atoms with Crippen LogP contribution in [0.15, 0.2) is 24.8 Å². The molecule has 18 heavy (non-hydrogen) atoms. The lowest BCUT2D eigenvalue weighted by Crippen LogP contribution is -2.19. The minimum Gasteiger partial charge on any atom is -0.103 e. The van der Waals surface area contributed by atoms with Crippen LogP contribution in [0.5, 0.6) is 0 Å². The summed E-state index contributed by atoms with van der Waals surface area (Å²) in [6.07, 6.45) is 2.97. The molecule has 1 aromatic rings. The van der Waals surface area contributed by atoms with E-state index in [1.165, 1.54) is 22.3 Å². The van der Waals surface area contributed by atoms with E-state index < -0.39 is 0 Å². The molecule has 0 nitrogen and oxygen atoms in total. The van der Waals surface area contributed by atoms with Crippen molar-refractivity contribution in [3.8, 4) is 0 Å². The summed E-state index contributed by atoms with van der Waals surface area (Å²) in [6, 6.07) is 4.74. The Morgan fingerprint density at radius 2 is 1.56 bits per heavy atom. The molecule has 1 rings (SSSR count). The van der Waals surface area contributed by atoms with E-state index in [0.29, 0.717) is 0 Å². The Bertz CT molecular complexity index is 436. The third kappa shape index (κ3) is 3.25. The molecule has 0 heteroatoms. The van der Waals surface area contributed by atoms with E-state index in [4.69, 9.17) is 0 Å². The highest BCUT2D eigenvalue weighted by atomic mass is 14.3. The summed E-state index contributed by atoms with van der Waals surface area (Å²) in [6.45, 7) is 19.8. The average Bonchev–Trinajstić information content (AvgIpc) is 2.17. The maximum atomic E-state index is 3.89. The Balaban J connectivity index is 3.52. The first kappa shape index (κ1) is 15.0.